The van der Waals surface area contributed by atoms with Gasteiger partial charge in [-0.3, -0.25) is 4.79 Å². The number of nitrogens with two attached hydrogens (primary N) is 1. The Bertz CT molecular complexity index is 363. The number of aliphatic carboxylic acids is 1. The Hall–Kier alpha value is -1.55. The second kappa shape index (κ2) is 4.79. The van der Waals surface area contributed by atoms with Crippen molar-refractivity contribution in [3.05, 3.63) is 29.3 Å². The summed E-state index contributed by atoms with van der Waals surface area (Å²) >= 11 is 0. The number of carboxylic acids is 1. The summed E-state index contributed by atoms with van der Waals surface area (Å²) in [6.45, 7) is 1.99. The van der Waals surface area contributed by atoms with Crippen molar-refractivity contribution in [1.82, 2.24) is 0 Å². The van der Waals surface area contributed by atoms with Crippen LogP contribution in [0.15, 0.2) is 18.2 Å². The van der Waals surface area contributed by atoms with Gasteiger partial charge >= 0.3 is 5.97 Å². The maximum atomic E-state index is 10.7. The summed E-state index contributed by atoms with van der Waals surface area (Å²) in [4.78, 5) is 10.7. The molecular weight excluding hydrogens is 194 g/mol. The van der Waals surface area contributed by atoms with Crippen LogP contribution in [0, 0.1) is 0 Å². The predicted molar refractivity (Wildman–Crippen MR) is 56.7 cm³/mol. The van der Waals surface area contributed by atoms with E-state index in [9.17, 15) is 9.90 Å². The van der Waals surface area contributed by atoms with E-state index >= 15 is 0 Å². The van der Waals surface area contributed by atoms with Gasteiger partial charge in [0.2, 0.25) is 0 Å². The number of hydrogen-bond donors (Lipinski definition) is 3. The van der Waals surface area contributed by atoms with Crippen LogP contribution in [0.1, 0.15) is 30.5 Å². The van der Waals surface area contributed by atoms with Crippen molar-refractivity contribution in [2.24, 2.45) is 5.73 Å². The van der Waals surface area contributed by atoms with Crippen molar-refractivity contribution >= 4 is 5.97 Å². The van der Waals surface area contributed by atoms with E-state index in [-0.39, 0.29) is 11.3 Å². The molecule has 1 aromatic carbocycles. The first kappa shape index (κ1) is 11.5. The number of carboxylic acid groups (broad SMARTS) is 1. The van der Waals surface area contributed by atoms with Crippen LogP contribution in [0.3, 0.4) is 0 Å². The van der Waals surface area contributed by atoms with Crippen molar-refractivity contribution in [3.8, 4) is 5.75 Å². The Balaban J connectivity index is 3.08. The van der Waals surface area contributed by atoms with Crippen molar-refractivity contribution in [2.75, 3.05) is 0 Å². The van der Waals surface area contributed by atoms with Gasteiger partial charge in [-0.25, -0.2) is 0 Å². The number of para-hydroxylation sites is 1. The van der Waals surface area contributed by atoms with Crippen LogP contribution in [-0.2, 0) is 11.2 Å². The molecule has 0 radical (unpaired) electrons. The maximum Gasteiger partial charge on any atom is 0.325 e. The Kier molecular flexibility index (Phi) is 3.68. The highest BCUT2D eigenvalue weighted by atomic mass is 16.4. The summed E-state index contributed by atoms with van der Waals surface area (Å²) in [5.74, 6) is -1.13. The normalized spacial score (nSPS) is 12.4. The molecule has 0 aromatic heterocycles. The predicted octanol–water partition coefficient (Wildman–Crippen LogP) is 1.43. The van der Waals surface area contributed by atoms with E-state index in [0.717, 1.165) is 12.0 Å². The summed E-state index contributed by atoms with van der Waals surface area (Å²) in [6, 6.07) is 3.86. The highest BCUT2D eigenvalue weighted by Gasteiger charge is 2.19. The lowest BCUT2D eigenvalue weighted by Crippen LogP contribution is -2.20. The SMILES string of the molecule is CCCc1cccc([C@H](N)C(=O)O)c1O. The van der Waals surface area contributed by atoms with E-state index in [4.69, 9.17) is 10.8 Å². The fourth-order valence-electron chi connectivity index (χ4n) is 1.47. The van der Waals surface area contributed by atoms with Crippen LogP contribution in [0.5, 0.6) is 5.75 Å². The molecule has 82 valence electrons. The minimum Gasteiger partial charge on any atom is -0.507 e. The van der Waals surface area contributed by atoms with Crippen molar-refractivity contribution in [3.63, 3.8) is 0 Å². The molecule has 0 aliphatic carbocycles. The number of hydrogen-bond acceptors (Lipinski definition) is 3. The first-order chi connectivity index (χ1) is 7.07. The monoisotopic (exact) mass is 209 g/mol. The smallest absolute Gasteiger partial charge is 0.325 e. The third-order valence-corrected chi connectivity index (χ3v) is 2.27. The van der Waals surface area contributed by atoms with Gasteiger partial charge in [0, 0.05) is 5.56 Å². The van der Waals surface area contributed by atoms with Crippen LogP contribution in [-0.4, -0.2) is 16.2 Å². The molecular formula is C11H15NO3. The molecule has 0 spiro atoms. The molecule has 0 fully saturated rings. The molecule has 15 heavy (non-hydrogen) atoms. The fraction of sp³-hybridized carbons (Fsp3) is 0.364. The standard InChI is InChI=1S/C11H15NO3/c1-2-4-7-5-3-6-8(10(7)13)9(12)11(14)15/h3,5-6,9,13H,2,4,12H2,1H3,(H,14,15)/t9-/m0/s1. The Morgan fingerprint density at radius 3 is 2.73 bits per heavy atom. The highest BCUT2D eigenvalue weighted by molar-refractivity contribution is 5.76. The van der Waals surface area contributed by atoms with Gasteiger partial charge in [-0.05, 0) is 12.0 Å². The molecule has 0 bridgehead atoms. The third-order valence-electron chi connectivity index (χ3n) is 2.27. The third kappa shape index (κ3) is 2.47. The molecule has 0 aliphatic heterocycles. The summed E-state index contributed by atoms with van der Waals surface area (Å²) in [5, 5.41) is 18.5. The van der Waals surface area contributed by atoms with Crippen LogP contribution >= 0.6 is 0 Å². The number of carbonyl (C=O) groups is 1. The van der Waals surface area contributed by atoms with E-state index in [1.165, 1.54) is 6.07 Å². The van der Waals surface area contributed by atoms with Gasteiger partial charge in [-0.2, -0.15) is 0 Å². The van der Waals surface area contributed by atoms with Crippen LogP contribution in [0.25, 0.3) is 0 Å². The van der Waals surface area contributed by atoms with E-state index in [1.54, 1.807) is 12.1 Å². The summed E-state index contributed by atoms with van der Waals surface area (Å²) in [6.07, 6.45) is 1.60. The lowest BCUT2D eigenvalue weighted by molar-refractivity contribution is -0.138. The Morgan fingerprint density at radius 2 is 2.20 bits per heavy atom. The Morgan fingerprint density at radius 1 is 1.53 bits per heavy atom. The van der Waals surface area contributed by atoms with Gasteiger partial charge in [-0.1, -0.05) is 31.5 Å². The molecule has 4 N–H and O–H groups in total. The van der Waals surface area contributed by atoms with Gasteiger partial charge in [-0.15, -0.1) is 0 Å². The zero-order valence-corrected chi connectivity index (χ0v) is 8.60. The van der Waals surface area contributed by atoms with Gasteiger partial charge < -0.3 is 15.9 Å². The average Bonchev–Trinajstić information content (AvgIpc) is 2.20. The molecule has 0 amide bonds. The van der Waals surface area contributed by atoms with E-state index in [1.807, 2.05) is 6.92 Å². The molecule has 1 rings (SSSR count). The van der Waals surface area contributed by atoms with Crippen LogP contribution in [0.4, 0.5) is 0 Å². The van der Waals surface area contributed by atoms with Gasteiger partial charge in [0.25, 0.3) is 0 Å². The minimum absolute atomic E-state index is 0.00856. The van der Waals surface area contributed by atoms with Crippen molar-refractivity contribution in [1.29, 1.82) is 0 Å². The average molecular weight is 209 g/mol. The second-order valence-electron chi connectivity index (χ2n) is 3.42. The maximum absolute atomic E-state index is 10.7. The molecule has 4 heteroatoms. The Labute approximate surface area is 88.3 Å². The molecule has 1 atom stereocenters. The number of rotatable bonds is 4. The molecule has 4 nitrogen and oxygen atoms in total. The second-order valence-corrected chi connectivity index (χ2v) is 3.42. The zero-order chi connectivity index (χ0) is 11.4. The summed E-state index contributed by atoms with van der Waals surface area (Å²) < 4.78 is 0. The van der Waals surface area contributed by atoms with Crippen LogP contribution < -0.4 is 5.73 Å². The number of phenolic OH excluding ortho intramolecular Hbond substituents is 1. The first-order valence-electron chi connectivity index (χ1n) is 4.87. The van der Waals surface area contributed by atoms with Crippen molar-refractivity contribution in [2.45, 2.75) is 25.8 Å². The zero-order valence-electron chi connectivity index (χ0n) is 8.60. The largest absolute Gasteiger partial charge is 0.507 e. The topological polar surface area (TPSA) is 83.6 Å². The lowest BCUT2D eigenvalue weighted by Gasteiger charge is -2.12. The van der Waals surface area contributed by atoms with E-state index in [2.05, 4.69) is 0 Å². The molecule has 0 heterocycles. The lowest BCUT2D eigenvalue weighted by atomic mass is 10.0. The molecule has 0 unspecified atom stereocenters. The number of aromatic hydroxyl groups is 1. The molecule has 0 aliphatic rings. The van der Waals surface area contributed by atoms with Crippen molar-refractivity contribution < 1.29 is 15.0 Å². The van der Waals surface area contributed by atoms with Gasteiger partial charge in [0.05, 0.1) is 0 Å². The van der Waals surface area contributed by atoms with Gasteiger partial charge in [0.1, 0.15) is 11.8 Å². The first-order valence-corrected chi connectivity index (χ1v) is 4.87. The van der Waals surface area contributed by atoms with E-state index < -0.39 is 12.0 Å². The number of aryl methyl sites for hydroxylation is 1. The fourth-order valence-corrected chi connectivity index (χ4v) is 1.47. The molecule has 0 saturated carbocycles. The molecule has 1 aromatic rings. The van der Waals surface area contributed by atoms with Gasteiger partial charge in [0.15, 0.2) is 0 Å². The summed E-state index contributed by atoms with van der Waals surface area (Å²) in [5.41, 5.74) is 6.46. The summed E-state index contributed by atoms with van der Waals surface area (Å²) in [7, 11) is 0. The highest BCUT2D eigenvalue weighted by Crippen LogP contribution is 2.27. The number of phenols is 1. The minimum atomic E-state index is -1.16. The molecule has 0 saturated heterocycles. The van der Waals surface area contributed by atoms with E-state index in [0.29, 0.717) is 6.42 Å². The quantitative estimate of drug-likeness (QED) is 0.700. The van der Waals surface area contributed by atoms with Crippen LogP contribution in [0.2, 0.25) is 0 Å². The number of benzene rings is 1.